The predicted molar refractivity (Wildman–Crippen MR) is 68.8 cm³/mol. The quantitative estimate of drug-likeness (QED) is 0.513. The number of carbonyl (C=O) groups excluding carboxylic acids is 2. The van der Waals surface area contributed by atoms with Gasteiger partial charge in [0.1, 0.15) is 0 Å². The molecule has 0 heterocycles. The molecule has 0 atom stereocenters. The Morgan fingerprint density at radius 2 is 1.84 bits per heavy atom. The second-order valence-electron chi connectivity index (χ2n) is 4.02. The molecule has 0 spiro atoms. The Labute approximate surface area is 112 Å². The first-order chi connectivity index (χ1) is 9.06. The predicted octanol–water partition coefficient (Wildman–Crippen LogP) is 0.884. The molecular formula is C12H22N2O5. The Hall–Kier alpha value is -1.63. The van der Waals surface area contributed by atoms with Gasteiger partial charge in [-0.2, -0.15) is 0 Å². The summed E-state index contributed by atoms with van der Waals surface area (Å²) in [5, 5.41) is 13.0. The zero-order valence-electron chi connectivity index (χ0n) is 11.2. The molecule has 0 saturated heterocycles. The summed E-state index contributed by atoms with van der Waals surface area (Å²) in [7, 11) is 0. The van der Waals surface area contributed by atoms with Crippen LogP contribution < -0.4 is 10.6 Å². The van der Waals surface area contributed by atoms with Crippen LogP contribution in [-0.2, 0) is 14.3 Å². The molecule has 0 rings (SSSR count). The molecule has 0 aromatic carbocycles. The molecule has 0 fully saturated rings. The number of carboxylic acid groups (broad SMARTS) is 1. The van der Waals surface area contributed by atoms with Crippen molar-refractivity contribution < 1.29 is 24.2 Å². The van der Waals surface area contributed by atoms with Crippen LogP contribution in [0.15, 0.2) is 0 Å². The lowest BCUT2D eigenvalue weighted by Gasteiger charge is -2.07. The first-order valence-corrected chi connectivity index (χ1v) is 6.43. The summed E-state index contributed by atoms with van der Waals surface area (Å²) < 4.78 is 5.23. The highest BCUT2D eigenvalue weighted by atomic mass is 16.5. The monoisotopic (exact) mass is 274 g/mol. The molecule has 7 nitrogen and oxygen atoms in total. The number of aliphatic carboxylic acids is 1. The summed E-state index contributed by atoms with van der Waals surface area (Å²) in [6.07, 6.45) is 2.19. The fraction of sp³-hybridized carbons (Fsp3) is 0.750. The average Bonchev–Trinajstić information content (AvgIpc) is 2.33. The number of rotatable bonds is 10. The number of amides is 3. The van der Waals surface area contributed by atoms with Crippen molar-refractivity contribution in [2.75, 3.05) is 19.8 Å². The Bertz CT molecular complexity index is 294. The smallest absolute Gasteiger partial charge is 0.321 e. The zero-order chi connectivity index (χ0) is 14.5. The lowest BCUT2D eigenvalue weighted by atomic mass is 10.2. The molecule has 110 valence electrons. The van der Waals surface area contributed by atoms with E-state index in [2.05, 4.69) is 17.6 Å². The van der Waals surface area contributed by atoms with Crippen LogP contribution in [0.4, 0.5) is 4.79 Å². The Balaban J connectivity index is 3.46. The number of carbonyl (C=O) groups is 3. The third-order valence-electron chi connectivity index (χ3n) is 2.22. The molecule has 7 heteroatoms. The molecule has 3 amide bonds. The van der Waals surface area contributed by atoms with Crippen LogP contribution in [0.5, 0.6) is 0 Å². The first kappa shape index (κ1) is 17.4. The van der Waals surface area contributed by atoms with E-state index in [1.165, 1.54) is 0 Å². The van der Waals surface area contributed by atoms with Crippen LogP contribution >= 0.6 is 0 Å². The fourth-order valence-corrected chi connectivity index (χ4v) is 1.22. The Kier molecular flexibility index (Phi) is 10.5. The van der Waals surface area contributed by atoms with E-state index < -0.39 is 17.9 Å². The molecule has 19 heavy (non-hydrogen) atoms. The fourth-order valence-electron chi connectivity index (χ4n) is 1.22. The lowest BCUT2D eigenvalue weighted by molar-refractivity contribution is -0.137. The third kappa shape index (κ3) is 12.6. The van der Waals surface area contributed by atoms with E-state index in [4.69, 9.17) is 9.84 Å². The Morgan fingerprint density at radius 3 is 2.47 bits per heavy atom. The maximum Gasteiger partial charge on any atom is 0.321 e. The maximum absolute atomic E-state index is 11.2. The van der Waals surface area contributed by atoms with Gasteiger partial charge >= 0.3 is 12.0 Å². The van der Waals surface area contributed by atoms with Gasteiger partial charge in [0.05, 0.1) is 6.61 Å². The molecule has 0 aromatic rings. The number of carboxylic acids is 1. The van der Waals surface area contributed by atoms with Gasteiger partial charge in [-0.25, -0.2) is 4.79 Å². The SMILES string of the molecule is CCCCOCCNC(=O)NC(=O)CCCC(=O)O. The first-order valence-electron chi connectivity index (χ1n) is 6.43. The largest absolute Gasteiger partial charge is 0.481 e. The number of nitrogens with one attached hydrogen (secondary N) is 2. The molecule has 3 N–H and O–H groups in total. The van der Waals surface area contributed by atoms with Crippen LogP contribution in [-0.4, -0.2) is 42.8 Å². The van der Waals surface area contributed by atoms with E-state index in [1.54, 1.807) is 0 Å². The van der Waals surface area contributed by atoms with Crippen molar-refractivity contribution >= 4 is 17.9 Å². The number of ether oxygens (including phenoxy) is 1. The second kappa shape index (κ2) is 11.5. The van der Waals surface area contributed by atoms with Crippen molar-refractivity contribution in [1.29, 1.82) is 0 Å². The summed E-state index contributed by atoms with van der Waals surface area (Å²) >= 11 is 0. The molecular weight excluding hydrogens is 252 g/mol. The number of imide groups is 1. The molecule has 0 unspecified atom stereocenters. The number of hydrogen-bond donors (Lipinski definition) is 3. The van der Waals surface area contributed by atoms with Crippen molar-refractivity contribution in [1.82, 2.24) is 10.6 Å². The standard InChI is InChI=1S/C12H22N2O5/c1-2-3-8-19-9-7-13-12(18)14-10(15)5-4-6-11(16)17/h2-9H2,1H3,(H,16,17)(H2,13,14,15,18). The molecule has 0 aromatic heterocycles. The molecule has 0 bridgehead atoms. The van der Waals surface area contributed by atoms with Crippen LogP contribution in [0.3, 0.4) is 0 Å². The zero-order valence-corrected chi connectivity index (χ0v) is 11.2. The van der Waals surface area contributed by atoms with Crippen molar-refractivity contribution in [2.45, 2.75) is 39.0 Å². The van der Waals surface area contributed by atoms with E-state index in [0.29, 0.717) is 19.8 Å². The van der Waals surface area contributed by atoms with Crippen molar-refractivity contribution in [3.05, 3.63) is 0 Å². The molecule has 0 radical (unpaired) electrons. The normalized spacial score (nSPS) is 9.95. The lowest BCUT2D eigenvalue weighted by Crippen LogP contribution is -2.40. The van der Waals surface area contributed by atoms with E-state index in [-0.39, 0.29) is 19.3 Å². The number of unbranched alkanes of at least 4 members (excludes halogenated alkanes) is 1. The molecule has 0 aliphatic heterocycles. The van der Waals surface area contributed by atoms with Crippen LogP contribution in [0.1, 0.15) is 39.0 Å². The van der Waals surface area contributed by atoms with Gasteiger partial charge in [0.2, 0.25) is 5.91 Å². The van der Waals surface area contributed by atoms with E-state index in [1.807, 2.05) is 0 Å². The third-order valence-corrected chi connectivity index (χ3v) is 2.22. The highest BCUT2D eigenvalue weighted by Crippen LogP contribution is 1.94. The minimum absolute atomic E-state index is 0.0206. The minimum Gasteiger partial charge on any atom is -0.481 e. The molecule has 0 aliphatic carbocycles. The van der Waals surface area contributed by atoms with Crippen LogP contribution in [0.25, 0.3) is 0 Å². The minimum atomic E-state index is -0.957. The second-order valence-corrected chi connectivity index (χ2v) is 4.02. The highest BCUT2D eigenvalue weighted by molar-refractivity contribution is 5.94. The van der Waals surface area contributed by atoms with Gasteiger partial charge in [-0.05, 0) is 12.8 Å². The van der Waals surface area contributed by atoms with E-state index >= 15 is 0 Å². The van der Waals surface area contributed by atoms with Gasteiger partial charge in [-0.1, -0.05) is 13.3 Å². The van der Waals surface area contributed by atoms with Crippen LogP contribution in [0, 0.1) is 0 Å². The average molecular weight is 274 g/mol. The topological polar surface area (TPSA) is 105 Å². The van der Waals surface area contributed by atoms with E-state index in [0.717, 1.165) is 12.8 Å². The van der Waals surface area contributed by atoms with Gasteiger partial charge in [0.15, 0.2) is 0 Å². The summed E-state index contributed by atoms with van der Waals surface area (Å²) in [6.45, 7) is 3.46. The van der Waals surface area contributed by atoms with Gasteiger partial charge in [0, 0.05) is 26.0 Å². The van der Waals surface area contributed by atoms with Crippen molar-refractivity contribution in [2.24, 2.45) is 0 Å². The highest BCUT2D eigenvalue weighted by Gasteiger charge is 2.07. The number of urea groups is 1. The van der Waals surface area contributed by atoms with Crippen molar-refractivity contribution in [3.63, 3.8) is 0 Å². The van der Waals surface area contributed by atoms with Crippen molar-refractivity contribution in [3.8, 4) is 0 Å². The Morgan fingerprint density at radius 1 is 1.11 bits per heavy atom. The summed E-state index contributed by atoms with van der Waals surface area (Å²) in [5.74, 6) is -1.44. The molecule has 0 saturated carbocycles. The van der Waals surface area contributed by atoms with Gasteiger partial charge in [0.25, 0.3) is 0 Å². The van der Waals surface area contributed by atoms with Gasteiger partial charge in [-0.15, -0.1) is 0 Å². The van der Waals surface area contributed by atoms with Gasteiger partial charge in [-0.3, -0.25) is 14.9 Å². The maximum atomic E-state index is 11.2. The summed E-state index contributed by atoms with van der Waals surface area (Å²) in [4.78, 5) is 32.7. The molecule has 0 aliphatic rings. The summed E-state index contributed by atoms with van der Waals surface area (Å²) in [6, 6.07) is -0.584. The van der Waals surface area contributed by atoms with Crippen LogP contribution in [0.2, 0.25) is 0 Å². The van der Waals surface area contributed by atoms with Gasteiger partial charge < -0.3 is 15.2 Å². The summed E-state index contributed by atoms with van der Waals surface area (Å²) in [5.41, 5.74) is 0. The van der Waals surface area contributed by atoms with E-state index in [9.17, 15) is 14.4 Å². The number of hydrogen-bond acceptors (Lipinski definition) is 4.